The van der Waals surface area contributed by atoms with E-state index >= 15 is 0 Å². The molecule has 128 valence electrons. The molecular formula is C19H19BrN4S. The third-order valence-corrected chi connectivity index (χ3v) is 8.26. The molecule has 7 rings (SSSR count). The average Bonchev–Trinajstić information content (AvgIpc) is 3.15. The van der Waals surface area contributed by atoms with Crippen molar-refractivity contribution in [3.8, 4) is 11.4 Å². The van der Waals surface area contributed by atoms with Crippen molar-refractivity contribution in [3.05, 3.63) is 33.7 Å². The van der Waals surface area contributed by atoms with Gasteiger partial charge in [-0.15, -0.1) is 10.2 Å². The monoisotopic (exact) mass is 414 g/mol. The zero-order valence-corrected chi connectivity index (χ0v) is 16.3. The first-order valence-electron chi connectivity index (χ1n) is 9.17. The van der Waals surface area contributed by atoms with Crippen LogP contribution in [0.1, 0.15) is 43.5 Å². The smallest absolute Gasteiger partial charge is 0.183 e. The molecule has 2 heterocycles. The van der Waals surface area contributed by atoms with E-state index in [1.807, 2.05) is 16.6 Å². The van der Waals surface area contributed by atoms with Crippen LogP contribution in [0.15, 0.2) is 28.7 Å². The Labute approximate surface area is 158 Å². The highest BCUT2D eigenvalue weighted by molar-refractivity contribution is 9.10. The highest BCUT2D eigenvalue weighted by atomic mass is 79.9. The molecule has 0 radical (unpaired) electrons. The number of benzene rings is 1. The Kier molecular flexibility index (Phi) is 3.05. The van der Waals surface area contributed by atoms with E-state index in [-0.39, 0.29) is 0 Å². The molecule has 4 nitrogen and oxygen atoms in total. The molecule has 0 unspecified atom stereocenters. The van der Waals surface area contributed by atoms with Crippen LogP contribution in [0, 0.1) is 17.8 Å². The summed E-state index contributed by atoms with van der Waals surface area (Å²) in [5.41, 5.74) is 1.40. The molecule has 4 bridgehead atoms. The minimum atomic E-state index is 0.330. The van der Waals surface area contributed by atoms with E-state index in [0.717, 1.165) is 38.6 Å². The van der Waals surface area contributed by atoms with Crippen molar-refractivity contribution in [2.24, 2.45) is 17.8 Å². The van der Waals surface area contributed by atoms with Gasteiger partial charge < -0.3 is 0 Å². The van der Waals surface area contributed by atoms with Gasteiger partial charge in [-0.1, -0.05) is 39.4 Å². The van der Waals surface area contributed by atoms with Crippen molar-refractivity contribution in [2.75, 3.05) is 0 Å². The Morgan fingerprint density at radius 2 is 1.60 bits per heavy atom. The van der Waals surface area contributed by atoms with Crippen LogP contribution in [0.2, 0.25) is 0 Å². The molecule has 4 aliphatic rings. The largest absolute Gasteiger partial charge is 0.234 e. The van der Waals surface area contributed by atoms with Gasteiger partial charge in [0.25, 0.3) is 0 Å². The van der Waals surface area contributed by atoms with Gasteiger partial charge in [-0.25, -0.2) is 0 Å². The first kappa shape index (κ1) is 14.9. The molecule has 6 heteroatoms. The molecule has 0 atom stereocenters. The molecule has 1 aromatic carbocycles. The maximum atomic E-state index is 5.06. The Morgan fingerprint density at radius 1 is 0.960 bits per heavy atom. The Balaban J connectivity index is 1.45. The summed E-state index contributed by atoms with van der Waals surface area (Å²) in [4.78, 5) is 0.934. The standard InChI is InChI=1S/C19H19BrN4S/c20-15-3-1-14(2-4-15)16-21-22-18-24(16)23-17(25-18)19-8-11-5-12(9-19)7-13(6-11)10-19/h1-4,11-13H,5-10H2. The summed E-state index contributed by atoms with van der Waals surface area (Å²) in [6.45, 7) is 0. The molecule has 25 heavy (non-hydrogen) atoms. The number of fused-ring (bicyclic) bond motifs is 1. The number of halogens is 1. The summed E-state index contributed by atoms with van der Waals surface area (Å²) >= 11 is 5.27. The molecule has 4 saturated carbocycles. The fourth-order valence-corrected chi connectivity index (χ4v) is 7.30. The van der Waals surface area contributed by atoms with Crippen molar-refractivity contribution in [3.63, 3.8) is 0 Å². The normalized spacial score (nSPS) is 33.4. The van der Waals surface area contributed by atoms with Gasteiger partial charge in [0.2, 0.25) is 4.96 Å². The van der Waals surface area contributed by atoms with Crippen LogP contribution >= 0.6 is 27.3 Å². The van der Waals surface area contributed by atoms with Crippen LogP contribution in [0.5, 0.6) is 0 Å². The van der Waals surface area contributed by atoms with Crippen LogP contribution in [-0.4, -0.2) is 19.8 Å². The van der Waals surface area contributed by atoms with Crippen molar-refractivity contribution in [1.82, 2.24) is 19.8 Å². The number of hydrogen-bond donors (Lipinski definition) is 0. The van der Waals surface area contributed by atoms with Crippen LogP contribution in [-0.2, 0) is 5.41 Å². The van der Waals surface area contributed by atoms with Crippen LogP contribution < -0.4 is 0 Å². The van der Waals surface area contributed by atoms with E-state index in [1.165, 1.54) is 43.5 Å². The van der Waals surface area contributed by atoms with Gasteiger partial charge in [-0.05, 0) is 68.4 Å². The van der Waals surface area contributed by atoms with Gasteiger partial charge in [0.1, 0.15) is 5.01 Å². The van der Waals surface area contributed by atoms with Gasteiger partial charge >= 0.3 is 0 Å². The summed E-state index contributed by atoms with van der Waals surface area (Å²) in [6, 6.07) is 8.24. The third kappa shape index (κ3) is 2.19. The SMILES string of the molecule is Brc1ccc(-c2nnc3sc(C45CC6CC(CC(C6)C4)C5)nn23)cc1. The van der Waals surface area contributed by atoms with Gasteiger partial charge in [-0.3, -0.25) is 0 Å². The van der Waals surface area contributed by atoms with E-state index in [9.17, 15) is 0 Å². The van der Waals surface area contributed by atoms with Gasteiger partial charge in [0.15, 0.2) is 5.82 Å². The van der Waals surface area contributed by atoms with Crippen molar-refractivity contribution >= 4 is 32.2 Å². The molecule has 4 aliphatic carbocycles. The van der Waals surface area contributed by atoms with Crippen molar-refractivity contribution in [2.45, 2.75) is 43.9 Å². The van der Waals surface area contributed by atoms with E-state index in [2.05, 4.69) is 38.3 Å². The lowest BCUT2D eigenvalue weighted by Crippen LogP contribution is -2.48. The molecule has 4 fully saturated rings. The van der Waals surface area contributed by atoms with E-state index in [4.69, 9.17) is 5.10 Å². The summed E-state index contributed by atoms with van der Waals surface area (Å²) in [5.74, 6) is 3.67. The summed E-state index contributed by atoms with van der Waals surface area (Å²) in [5, 5.41) is 15.2. The highest BCUT2D eigenvalue weighted by Gasteiger charge is 2.53. The maximum absolute atomic E-state index is 5.06. The zero-order valence-electron chi connectivity index (χ0n) is 13.9. The lowest BCUT2D eigenvalue weighted by atomic mass is 9.50. The molecule has 0 aliphatic heterocycles. The molecular weight excluding hydrogens is 396 g/mol. The molecule has 0 spiro atoms. The predicted molar refractivity (Wildman–Crippen MR) is 102 cm³/mol. The highest BCUT2D eigenvalue weighted by Crippen LogP contribution is 2.61. The van der Waals surface area contributed by atoms with Gasteiger partial charge in [-0.2, -0.15) is 9.61 Å². The summed E-state index contributed by atoms with van der Waals surface area (Å²) < 4.78 is 3.05. The number of aromatic nitrogens is 4. The molecule has 3 aromatic rings. The second-order valence-electron chi connectivity index (χ2n) is 8.33. The van der Waals surface area contributed by atoms with E-state index in [0.29, 0.717) is 5.41 Å². The first-order chi connectivity index (χ1) is 12.2. The first-order valence-corrected chi connectivity index (χ1v) is 10.8. The fourth-order valence-electron chi connectivity index (χ4n) is 5.98. The van der Waals surface area contributed by atoms with Gasteiger partial charge in [0, 0.05) is 15.5 Å². The minimum Gasteiger partial charge on any atom is -0.183 e. The second kappa shape index (κ2) is 5.13. The summed E-state index contributed by atoms with van der Waals surface area (Å²) in [7, 11) is 0. The average molecular weight is 415 g/mol. The minimum absolute atomic E-state index is 0.330. The van der Waals surface area contributed by atoms with Crippen LogP contribution in [0.4, 0.5) is 0 Å². The molecule has 0 N–H and O–H groups in total. The van der Waals surface area contributed by atoms with Crippen LogP contribution in [0.3, 0.4) is 0 Å². The second-order valence-corrected chi connectivity index (χ2v) is 10.2. The fraction of sp³-hybridized carbons (Fsp3) is 0.526. The summed E-state index contributed by atoms with van der Waals surface area (Å²) in [6.07, 6.45) is 8.43. The molecule has 2 aromatic heterocycles. The quantitative estimate of drug-likeness (QED) is 0.586. The Hall–Kier alpha value is -1.27. The predicted octanol–water partition coefficient (Wildman–Crippen LogP) is 5.08. The van der Waals surface area contributed by atoms with Crippen LogP contribution in [0.25, 0.3) is 16.3 Å². The zero-order chi connectivity index (χ0) is 16.6. The van der Waals surface area contributed by atoms with Crippen molar-refractivity contribution in [1.29, 1.82) is 0 Å². The molecule has 0 amide bonds. The third-order valence-electron chi connectivity index (χ3n) is 6.59. The van der Waals surface area contributed by atoms with E-state index in [1.54, 1.807) is 11.3 Å². The maximum Gasteiger partial charge on any atom is 0.234 e. The van der Waals surface area contributed by atoms with E-state index < -0.39 is 0 Å². The lowest BCUT2D eigenvalue weighted by Gasteiger charge is -2.55. The number of rotatable bonds is 2. The van der Waals surface area contributed by atoms with Gasteiger partial charge in [0.05, 0.1) is 0 Å². The number of nitrogens with zero attached hydrogens (tertiary/aromatic N) is 4. The van der Waals surface area contributed by atoms with Crippen molar-refractivity contribution < 1.29 is 0 Å². The topological polar surface area (TPSA) is 43.1 Å². The molecule has 0 saturated heterocycles. The Morgan fingerprint density at radius 3 is 2.24 bits per heavy atom. The lowest BCUT2D eigenvalue weighted by molar-refractivity contribution is -0.00565. The Bertz CT molecular complexity index is 922. The number of hydrogen-bond acceptors (Lipinski definition) is 4.